The predicted octanol–water partition coefficient (Wildman–Crippen LogP) is 2.54. The molecule has 0 aliphatic carbocycles. The summed E-state index contributed by atoms with van der Waals surface area (Å²) in [7, 11) is 0. The number of aliphatic carboxylic acids is 1. The van der Waals surface area contributed by atoms with Crippen molar-refractivity contribution in [3.8, 4) is 0 Å². The van der Waals surface area contributed by atoms with E-state index in [4.69, 9.17) is 16.7 Å². The zero-order valence-corrected chi connectivity index (χ0v) is 9.01. The molecule has 1 rings (SSSR count). The lowest BCUT2D eigenvalue weighted by molar-refractivity contribution is -0.136. The van der Waals surface area contributed by atoms with Gasteiger partial charge >= 0.3 is 5.97 Å². The summed E-state index contributed by atoms with van der Waals surface area (Å²) in [5.74, 6) is -0.965. The van der Waals surface area contributed by atoms with Crippen LogP contribution in [0.2, 0.25) is 0 Å². The average Bonchev–Trinajstić information content (AvgIpc) is 2.12. The molecule has 1 aromatic rings. The number of carbonyl (C=O) groups is 1. The van der Waals surface area contributed by atoms with Gasteiger partial charge in [0.1, 0.15) is 5.38 Å². The molecule has 0 heterocycles. The first-order valence-electron chi connectivity index (χ1n) is 4.44. The molecule has 0 aromatic heterocycles. The van der Waals surface area contributed by atoms with Crippen LogP contribution in [0.1, 0.15) is 16.7 Å². The van der Waals surface area contributed by atoms with Crippen molar-refractivity contribution in [2.45, 2.75) is 25.6 Å². The summed E-state index contributed by atoms with van der Waals surface area (Å²) < 4.78 is 0. The number of rotatable bonds is 3. The molecular formula is C11H13ClO2. The van der Waals surface area contributed by atoms with Gasteiger partial charge in [-0.1, -0.05) is 18.2 Å². The Bertz CT molecular complexity index is 347. The Labute approximate surface area is 88.5 Å². The molecular weight excluding hydrogens is 200 g/mol. The molecule has 0 amide bonds. The van der Waals surface area contributed by atoms with E-state index in [-0.39, 0.29) is 0 Å². The number of hydrogen-bond donors (Lipinski definition) is 1. The maximum Gasteiger partial charge on any atom is 0.321 e. The van der Waals surface area contributed by atoms with Gasteiger partial charge in [0.05, 0.1) is 0 Å². The quantitative estimate of drug-likeness (QED) is 0.782. The molecule has 0 aliphatic heterocycles. The van der Waals surface area contributed by atoms with Crippen molar-refractivity contribution >= 4 is 17.6 Å². The van der Waals surface area contributed by atoms with E-state index in [1.165, 1.54) is 0 Å². The monoisotopic (exact) mass is 212 g/mol. The number of carboxylic acid groups (broad SMARTS) is 1. The minimum atomic E-state index is -0.965. The smallest absolute Gasteiger partial charge is 0.321 e. The normalized spacial score (nSPS) is 12.5. The van der Waals surface area contributed by atoms with Gasteiger partial charge in [0.15, 0.2) is 0 Å². The van der Waals surface area contributed by atoms with E-state index in [1.807, 2.05) is 32.0 Å². The Balaban J connectivity index is 2.87. The molecule has 2 nitrogen and oxygen atoms in total. The summed E-state index contributed by atoms with van der Waals surface area (Å²) in [4.78, 5) is 10.6. The molecule has 0 saturated carbocycles. The Hall–Kier alpha value is -1.02. The Morgan fingerprint density at radius 2 is 2.14 bits per heavy atom. The average molecular weight is 213 g/mol. The Morgan fingerprint density at radius 3 is 2.71 bits per heavy atom. The summed E-state index contributed by atoms with van der Waals surface area (Å²) in [6, 6.07) is 5.84. The maximum atomic E-state index is 10.6. The van der Waals surface area contributed by atoms with Crippen molar-refractivity contribution < 1.29 is 9.90 Å². The van der Waals surface area contributed by atoms with Crippen LogP contribution in [0.25, 0.3) is 0 Å². The van der Waals surface area contributed by atoms with Crippen LogP contribution < -0.4 is 0 Å². The van der Waals surface area contributed by atoms with E-state index in [2.05, 4.69) is 0 Å². The van der Waals surface area contributed by atoms with E-state index in [9.17, 15) is 4.79 Å². The van der Waals surface area contributed by atoms with Gasteiger partial charge < -0.3 is 5.11 Å². The molecule has 0 fully saturated rings. The van der Waals surface area contributed by atoms with Gasteiger partial charge in [0.2, 0.25) is 0 Å². The topological polar surface area (TPSA) is 37.3 Å². The van der Waals surface area contributed by atoms with Crippen LogP contribution >= 0.6 is 11.6 Å². The Morgan fingerprint density at radius 1 is 1.50 bits per heavy atom. The van der Waals surface area contributed by atoms with E-state index in [0.29, 0.717) is 6.42 Å². The maximum absolute atomic E-state index is 10.6. The van der Waals surface area contributed by atoms with Gasteiger partial charge in [-0.2, -0.15) is 0 Å². The molecule has 0 bridgehead atoms. The SMILES string of the molecule is Cc1cccc(CC(Cl)C(=O)O)c1C. The second kappa shape index (κ2) is 4.47. The third-order valence-corrected chi connectivity index (χ3v) is 2.72. The van der Waals surface area contributed by atoms with Crippen molar-refractivity contribution in [3.05, 3.63) is 34.9 Å². The highest BCUT2D eigenvalue weighted by atomic mass is 35.5. The van der Waals surface area contributed by atoms with Crippen LogP contribution in [0.4, 0.5) is 0 Å². The minimum absolute atomic E-state index is 0.379. The van der Waals surface area contributed by atoms with Crippen molar-refractivity contribution in [1.29, 1.82) is 0 Å². The molecule has 1 atom stereocenters. The van der Waals surface area contributed by atoms with E-state index in [0.717, 1.165) is 16.7 Å². The zero-order valence-electron chi connectivity index (χ0n) is 8.25. The molecule has 1 aromatic carbocycles. The fourth-order valence-corrected chi connectivity index (χ4v) is 1.48. The van der Waals surface area contributed by atoms with Crippen molar-refractivity contribution in [3.63, 3.8) is 0 Å². The zero-order chi connectivity index (χ0) is 10.7. The summed E-state index contributed by atoms with van der Waals surface area (Å²) in [5.41, 5.74) is 3.29. The lowest BCUT2D eigenvalue weighted by Crippen LogP contribution is -2.16. The van der Waals surface area contributed by atoms with E-state index >= 15 is 0 Å². The third-order valence-electron chi connectivity index (χ3n) is 2.38. The first kappa shape index (κ1) is 11.1. The standard InChI is InChI=1S/C11H13ClO2/c1-7-4-3-5-9(8(7)2)6-10(12)11(13)14/h3-5,10H,6H2,1-2H3,(H,13,14). The third kappa shape index (κ3) is 2.48. The van der Waals surface area contributed by atoms with Crippen LogP contribution in [0, 0.1) is 13.8 Å². The second-order valence-electron chi connectivity index (χ2n) is 3.37. The van der Waals surface area contributed by atoms with Gasteiger partial charge in [-0.15, -0.1) is 11.6 Å². The second-order valence-corrected chi connectivity index (χ2v) is 3.90. The first-order valence-corrected chi connectivity index (χ1v) is 4.88. The summed E-state index contributed by atoms with van der Waals surface area (Å²) in [6.07, 6.45) is 0.379. The number of aryl methyl sites for hydroxylation is 1. The summed E-state index contributed by atoms with van der Waals surface area (Å²) in [6.45, 7) is 3.99. The van der Waals surface area contributed by atoms with Crippen LogP contribution in [0.3, 0.4) is 0 Å². The van der Waals surface area contributed by atoms with Crippen LogP contribution in [0.5, 0.6) is 0 Å². The highest BCUT2D eigenvalue weighted by Gasteiger charge is 2.15. The molecule has 76 valence electrons. The van der Waals surface area contributed by atoms with Crippen molar-refractivity contribution in [2.24, 2.45) is 0 Å². The van der Waals surface area contributed by atoms with E-state index < -0.39 is 11.3 Å². The molecule has 0 aliphatic rings. The van der Waals surface area contributed by atoms with Crippen LogP contribution in [-0.2, 0) is 11.2 Å². The van der Waals surface area contributed by atoms with Gasteiger partial charge in [-0.05, 0) is 37.0 Å². The summed E-state index contributed by atoms with van der Waals surface area (Å²) in [5, 5.41) is 7.83. The van der Waals surface area contributed by atoms with Gasteiger partial charge in [0.25, 0.3) is 0 Å². The minimum Gasteiger partial charge on any atom is -0.480 e. The number of carboxylic acids is 1. The fourth-order valence-electron chi connectivity index (χ4n) is 1.31. The van der Waals surface area contributed by atoms with Crippen LogP contribution in [0.15, 0.2) is 18.2 Å². The lowest BCUT2D eigenvalue weighted by Gasteiger charge is -2.09. The van der Waals surface area contributed by atoms with Crippen molar-refractivity contribution in [2.75, 3.05) is 0 Å². The Kier molecular flexibility index (Phi) is 3.53. The molecule has 3 heteroatoms. The molecule has 14 heavy (non-hydrogen) atoms. The molecule has 1 N–H and O–H groups in total. The highest BCUT2D eigenvalue weighted by Crippen LogP contribution is 2.16. The van der Waals surface area contributed by atoms with Gasteiger partial charge in [-0.25, -0.2) is 0 Å². The van der Waals surface area contributed by atoms with Gasteiger partial charge in [0, 0.05) is 0 Å². The summed E-state index contributed by atoms with van der Waals surface area (Å²) >= 11 is 5.68. The van der Waals surface area contributed by atoms with Crippen LogP contribution in [-0.4, -0.2) is 16.5 Å². The van der Waals surface area contributed by atoms with Crippen molar-refractivity contribution in [1.82, 2.24) is 0 Å². The lowest BCUT2D eigenvalue weighted by atomic mass is 10.00. The highest BCUT2D eigenvalue weighted by molar-refractivity contribution is 6.29. The molecule has 0 radical (unpaired) electrons. The number of halogens is 1. The predicted molar refractivity (Wildman–Crippen MR) is 56.9 cm³/mol. The molecule has 0 spiro atoms. The first-order chi connectivity index (χ1) is 6.52. The number of alkyl halides is 1. The molecule has 1 unspecified atom stereocenters. The molecule has 0 saturated heterocycles. The number of benzene rings is 1. The number of hydrogen-bond acceptors (Lipinski definition) is 1. The largest absolute Gasteiger partial charge is 0.480 e. The van der Waals surface area contributed by atoms with Gasteiger partial charge in [-0.3, -0.25) is 4.79 Å². The van der Waals surface area contributed by atoms with E-state index in [1.54, 1.807) is 0 Å². The fraction of sp³-hybridized carbons (Fsp3) is 0.364.